The summed E-state index contributed by atoms with van der Waals surface area (Å²) in [6, 6.07) is 11.0. The Morgan fingerprint density at radius 2 is 1.74 bits per heavy atom. The molecule has 7 nitrogen and oxygen atoms in total. The zero-order valence-corrected chi connectivity index (χ0v) is 22.3. The van der Waals surface area contributed by atoms with Gasteiger partial charge in [0.1, 0.15) is 12.6 Å². The lowest BCUT2D eigenvalue weighted by Gasteiger charge is -2.32. The van der Waals surface area contributed by atoms with Crippen LogP contribution < -0.4 is 9.62 Å². The first-order chi connectivity index (χ1) is 15.8. The second kappa shape index (κ2) is 11.9. The molecule has 0 saturated heterocycles. The van der Waals surface area contributed by atoms with E-state index in [0.29, 0.717) is 0 Å². The summed E-state index contributed by atoms with van der Waals surface area (Å²) in [5.74, 6) is -0.862. The van der Waals surface area contributed by atoms with Crippen molar-refractivity contribution < 1.29 is 18.0 Å². The maximum Gasteiger partial charge on any atom is 0.244 e. The van der Waals surface area contributed by atoms with Crippen molar-refractivity contribution in [3.05, 3.63) is 63.6 Å². The Balaban J connectivity index is 2.45. The van der Waals surface area contributed by atoms with E-state index in [1.165, 1.54) is 23.1 Å². The van der Waals surface area contributed by atoms with Crippen LogP contribution >= 0.6 is 23.2 Å². The van der Waals surface area contributed by atoms with E-state index in [1.807, 2.05) is 45.0 Å². The van der Waals surface area contributed by atoms with E-state index in [2.05, 4.69) is 5.32 Å². The largest absolute Gasteiger partial charge is 0.352 e. The Hall–Kier alpha value is -2.29. The lowest BCUT2D eigenvalue weighted by atomic mass is 10.1. The molecule has 0 aliphatic heterocycles. The molecule has 34 heavy (non-hydrogen) atoms. The number of aryl methyl sites for hydroxylation is 1. The SMILES string of the molecule is CC[C@@H](C)NC(=O)[C@H](C)N(Cc1ccccc1C)C(=O)CN(c1cc(Cl)ccc1Cl)S(C)(=O)=O. The third-order valence-corrected chi connectivity index (χ3v) is 7.31. The van der Waals surface area contributed by atoms with E-state index in [-0.39, 0.29) is 34.2 Å². The van der Waals surface area contributed by atoms with E-state index < -0.39 is 28.5 Å². The first-order valence-electron chi connectivity index (χ1n) is 10.9. The van der Waals surface area contributed by atoms with Gasteiger partial charge in [0.2, 0.25) is 21.8 Å². The highest BCUT2D eigenvalue weighted by Gasteiger charge is 2.31. The van der Waals surface area contributed by atoms with E-state index in [0.717, 1.165) is 28.1 Å². The highest BCUT2D eigenvalue weighted by Crippen LogP contribution is 2.31. The van der Waals surface area contributed by atoms with Gasteiger partial charge in [-0.3, -0.25) is 13.9 Å². The lowest BCUT2D eigenvalue weighted by molar-refractivity contribution is -0.139. The van der Waals surface area contributed by atoms with E-state index in [9.17, 15) is 18.0 Å². The lowest BCUT2D eigenvalue weighted by Crippen LogP contribution is -2.52. The number of carbonyl (C=O) groups excluding carboxylic acids is 2. The Morgan fingerprint density at radius 3 is 2.32 bits per heavy atom. The fraction of sp³-hybridized carbons (Fsp3) is 0.417. The van der Waals surface area contributed by atoms with Gasteiger partial charge in [0.05, 0.1) is 17.0 Å². The minimum Gasteiger partial charge on any atom is -0.352 e. The van der Waals surface area contributed by atoms with E-state index in [1.54, 1.807) is 6.92 Å². The first-order valence-corrected chi connectivity index (χ1v) is 13.5. The molecule has 0 aromatic heterocycles. The zero-order valence-electron chi connectivity index (χ0n) is 20.0. The van der Waals surface area contributed by atoms with Gasteiger partial charge >= 0.3 is 0 Å². The second-order valence-electron chi connectivity index (χ2n) is 8.31. The third-order valence-electron chi connectivity index (χ3n) is 5.63. The van der Waals surface area contributed by atoms with Crippen LogP contribution in [0, 0.1) is 6.92 Å². The van der Waals surface area contributed by atoms with Crippen LogP contribution in [-0.2, 0) is 26.2 Å². The van der Waals surface area contributed by atoms with Crippen molar-refractivity contribution in [1.29, 1.82) is 0 Å². The van der Waals surface area contributed by atoms with Crippen molar-refractivity contribution in [1.82, 2.24) is 10.2 Å². The standard InChI is InChI=1S/C24H31Cl2N3O4S/c1-6-17(3)27-24(31)18(4)28(14-19-10-8-7-9-16(19)2)23(30)15-29(34(5,32)33)22-13-20(25)11-12-21(22)26/h7-13,17-18H,6,14-15H2,1-5H3,(H,27,31)/t17-,18+/m1/s1. The number of nitrogens with one attached hydrogen (secondary N) is 1. The van der Waals surface area contributed by atoms with Crippen LogP contribution in [-0.4, -0.2) is 50.0 Å². The third kappa shape index (κ3) is 7.35. The topological polar surface area (TPSA) is 86.8 Å². The summed E-state index contributed by atoms with van der Waals surface area (Å²) in [6.07, 6.45) is 1.72. The first kappa shape index (κ1) is 28.0. The van der Waals surface area contributed by atoms with Gasteiger partial charge in [-0.25, -0.2) is 8.42 Å². The molecule has 2 aromatic rings. The van der Waals surface area contributed by atoms with Crippen molar-refractivity contribution in [3.63, 3.8) is 0 Å². The summed E-state index contributed by atoms with van der Waals surface area (Å²) in [4.78, 5) is 27.8. The molecule has 2 atom stereocenters. The molecule has 2 amide bonds. The number of sulfonamides is 1. The second-order valence-corrected chi connectivity index (χ2v) is 11.1. The van der Waals surface area contributed by atoms with Crippen LogP contribution in [0.15, 0.2) is 42.5 Å². The molecule has 0 saturated carbocycles. The van der Waals surface area contributed by atoms with Crippen molar-refractivity contribution in [2.24, 2.45) is 0 Å². The Bertz CT molecular complexity index is 1140. The minimum atomic E-state index is -3.89. The Labute approximate surface area is 212 Å². The van der Waals surface area contributed by atoms with Crippen LogP contribution in [0.3, 0.4) is 0 Å². The molecule has 2 aromatic carbocycles. The summed E-state index contributed by atoms with van der Waals surface area (Å²) >= 11 is 12.3. The maximum atomic E-state index is 13.6. The fourth-order valence-electron chi connectivity index (χ4n) is 3.29. The highest BCUT2D eigenvalue weighted by atomic mass is 35.5. The average molecular weight is 529 g/mol. The minimum absolute atomic E-state index is 0.0665. The molecule has 0 unspecified atom stereocenters. The molecule has 0 heterocycles. The van der Waals surface area contributed by atoms with Crippen LogP contribution in [0.1, 0.15) is 38.3 Å². The summed E-state index contributed by atoms with van der Waals surface area (Å²) in [5.41, 5.74) is 1.90. The maximum absolute atomic E-state index is 13.6. The van der Waals surface area contributed by atoms with Crippen LogP contribution in [0.25, 0.3) is 0 Å². The van der Waals surface area contributed by atoms with Crippen molar-refractivity contribution >= 4 is 50.7 Å². The number of rotatable bonds is 10. The molecule has 0 fully saturated rings. The quantitative estimate of drug-likeness (QED) is 0.495. The number of halogens is 2. The molecule has 1 N–H and O–H groups in total. The summed E-state index contributed by atoms with van der Waals surface area (Å²) in [6.45, 7) is 6.98. The van der Waals surface area contributed by atoms with Crippen LogP contribution in [0.2, 0.25) is 10.0 Å². The summed E-state index contributed by atoms with van der Waals surface area (Å²) in [5, 5.41) is 3.30. The fourth-order valence-corrected chi connectivity index (χ4v) is 4.58. The number of benzene rings is 2. The molecular weight excluding hydrogens is 497 g/mol. The van der Waals surface area contributed by atoms with Crippen molar-refractivity contribution in [2.75, 3.05) is 17.1 Å². The average Bonchev–Trinajstić information content (AvgIpc) is 2.77. The zero-order chi connectivity index (χ0) is 25.6. The van der Waals surface area contributed by atoms with Gasteiger partial charge in [-0.1, -0.05) is 54.4 Å². The van der Waals surface area contributed by atoms with Gasteiger partial charge in [-0.05, 0) is 56.5 Å². The molecule has 186 valence electrons. The molecule has 0 aliphatic carbocycles. The number of nitrogens with zero attached hydrogens (tertiary/aromatic N) is 2. The van der Waals surface area contributed by atoms with Gasteiger partial charge in [0, 0.05) is 17.6 Å². The Morgan fingerprint density at radius 1 is 1.09 bits per heavy atom. The van der Waals surface area contributed by atoms with Gasteiger partial charge in [0.25, 0.3) is 0 Å². The molecule has 0 radical (unpaired) electrons. The molecule has 0 spiro atoms. The summed E-state index contributed by atoms with van der Waals surface area (Å²) in [7, 11) is -3.89. The van der Waals surface area contributed by atoms with Crippen molar-refractivity contribution in [3.8, 4) is 0 Å². The molecular formula is C24H31Cl2N3O4S. The Kier molecular flexibility index (Phi) is 9.79. The van der Waals surface area contributed by atoms with E-state index >= 15 is 0 Å². The number of anilines is 1. The summed E-state index contributed by atoms with van der Waals surface area (Å²) < 4.78 is 26.2. The molecule has 0 bridgehead atoms. The number of hydrogen-bond donors (Lipinski definition) is 1. The smallest absolute Gasteiger partial charge is 0.244 e. The normalized spacial score (nSPS) is 13.1. The molecule has 10 heteroatoms. The van der Waals surface area contributed by atoms with Crippen LogP contribution in [0.5, 0.6) is 0 Å². The van der Waals surface area contributed by atoms with E-state index in [4.69, 9.17) is 23.2 Å². The number of hydrogen-bond acceptors (Lipinski definition) is 4. The monoisotopic (exact) mass is 527 g/mol. The number of carbonyl (C=O) groups is 2. The molecule has 0 aliphatic rings. The van der Waals surface area contributed by atoms with Crippen LogP contribution in [0.4, 0.5) is 5.69 Å². The molecule has 2 rings (SSSR count). The predicted molar refractivity (Wildman–Crippen MR) is 138 cm³/mol. The van der Waals surface area contributed by atoms with Gasteiger partial charge in [-0.2, -0.15) is 0 Å². The van der Waals surface area contributed by atoms with Gasteiger partial charge in [-0.15, -0.1) is 0 Å². The van der Waals surface area contributed by atoms with Gasteiger partial charge in [0.15, 0.2) is 0 Å². The van der Waals surface area contributed by atoms with Crippen molar-refractivity contribution in [2.45, 2.75) is 52.7 Å². The van der Waals surface area contributed by atoms with Gasteiger partial charge < -0.3 is 10.2 Å². The predicted octanol–water partition coefficient (Wildman–Crippen LogP) is 4.40. The highest BCUT2D eigenvalue weighted by molar-refractivity contribution is 7.92. The number of amides is 2.